The normalized spacial score (nSPS) is 15.6. The molecule has 2 aliphatic rings. The van der Waals surface area contributed by atoms with Gasteiger partial charge in [0.05, 0.1) is 38.9 Å². The molecule has 0 spiro atoms. The maximum atomic E-state index is 14.3. The van der Waals surface area contributed by atoms with Crippen LogP contribution in [0.25, 0.3) is 0 Å². The number of nitrogens with one attached hydrogen (secondary N) is 2. The number of carbonyl (C=O) groups is 2. The van der Waals surface area contributed by atoms with E-state index >= 15 is 0 Å². The Morgan fingerprint density at radius 2 is 1.29 bits per heavy atom. The number of nitrogen functional groups attached to an aromatic ring is 1. The maximum absolute atomic E-state index is 14.3. The molecule has 16 heteroatoms. The molecular formula is C40H51ClN10O5. The average Bonchev–Trinajstić information content (AvgIpc) is 3.52. The number of rotatable bonds is 12. The summed E-state index contributed by atoms with van der Waals surface area (Å²) in [6.07, 6.45) is 5.81. The Kier molecular flexibility index (Phi) is 12.7. The van der Waals surface area contributed by atoms with Crippen LogP contribution >= 0.6 is 11.6 Å². The van der Waals surface area contributed by atoms with Crippen molar-refractivity contribution < 1.29 is 23.8 Å². The molecule has 4 heterocycles. The van der Waals surface area contributed by atoms with Crippen LogP contribution in [0, 0.1) is 0 Å². The Labute approximate surface area is 333 Å². The summed E-state index contributed by atoms with van der Waals surface area (Å²) in [5, 5.41) is 6.81. The lowest BCUT2D eigenvalue weighted by molar-refractivity contribution is -0.147. The van der Waals surface area contributed by atoms with Crippen molar-refractivity contribution in [2.75, 3.05) is 92.1 Å². The minimum atomic E-state index is -0.721. The molecule has 15 nitrogen and oxygen atoms in total. The quantitative estimate of drug-likeness (QED) is 0.177. The SMILES string of the molecule is COc1cc2c(cc1N)CCN(C(C(=O)N(C)C)C(C(=O)N(C)C)N1CCc3cc(Nc4ncc(Cl)c(Nc5cccnc5OC)n4)c(OC)cc3CC1)CC2. The van der Waals surface area contributed by atoms with Gasteiger partial charge in [-0.1, -0.05) is 11.6 Å². The van der Waals surface area contributed by atoms with Gasteiger partial charge in [0.2, 0.25) is 23.6 Å². The van der Waals surface area contributed by atoms with Crippen LogP contribution in [0.15, 0.2) is 48.8 Å². The highest BCUT2D eigenvalue weighted by molar-refractivity contribution is 6.33. The first-order valence-corrected chi connectivity index (χ1v) is 18.9. The fourth-order valence-electron chi connectivity index (χ4n) is 7.49. The number of nitrogens with two attached hydrogens (primary N) is 1. The second kappa shape index (κ2) is 17.6. The summed E-state index contributed by atoms with van der Waals surface area (Å²) < 4.78 is 16.7. The van der Waals surface area contributed by atoms with Gasteiger partial charge >= 0.3 is 0 Å². The third kappa shape index (κ3) is 8.69. The van der Waals surface area contributed by atoms with Crippen LogP contribution in [0.5, 0.6) is 17.4 Å². The van der Waals surface area contributed by atoms with Gasteiger partial charge in [0.25, 0.3) is 0 Å². The highest BCUT2D eigenvalue weighted by atomic mass is 35.5. The van der Waals surface area contributed by atoms with E-state index in [9.17, 15) is 9.59 Å². The number of likely N-dealkylation sites (N-methyl/N-ethyl adjacent to an activating group) is 2. The van der Waals surface area contributed by atoms with Gasteiger partial charge in [-0.25, -0.2) is 9.97 Å². The van der Waals surface area contributed by atoms with Gasteiger partial charge in [-0.3, -0.25) is 19.4 Å². The topological polar surface area (TPSA) is 164 Å². The van der Waals surface area contributed by atoms with Crippen LogP contribution in [0.2, 0.25) is 5.02 Å². The van der Waals surface area contributed by atoms with Gasteiger partial charge in [0.1, 0.15) is 34.3 Å². The zero-order chi connectivity index (χ0) is 40.1. The van der Waals surface area contributed by atoms with Crippen LogP contribution in [0.1, 0.15) is 22.3 Å². The molecule has 2 amide bonds. The Balaban J connectivity index is 1.26. The Bertz CT molecular complexity index is 2060. The minimum Gasteiger partial charge on any atom is -0.495 e. The molecule has 2 aromatic heterocycles. The van der Waals surface area contributed by atoms with Crippen molar-refractivity contribution in [3.63, 3.8) is 0 Å². The van der Waals surface area contributed by atoms with E-state index in [1.807, 2.05) is 30.3 Å². The van der Waals surface area contributed by atoms with Crippen molar-refractivity contribution in [3.8, 4) is 17.4 Å². The maximum Gasteiger partial charge on any atom is 0.241 e. The number of hydrogen-bond donors (Lipinski definition) is 3. The van der Waals surface area contributed by atoms with Crippen molar-refractivity contribution >= 4 is 52.2 Å². The summed E-state index contributed by atoms with van der Waals surface area (Å²) in [7, 11) is 11.8. The number of nitrogens with zero attached hydrogens (tertiary/aromatic N) is 7. The lowest BCUT2D eigenvalue weighted by atomic mass is 10.00. The number of halogens is 1. The van der Waals surface area contributed by atoms with E-state index in [4.69, 9.17) is 31.5 Å². The molecular weight excluding hydrogens is 736 g/mol. The van der Waals surface area contributed by atoms with Crippen LogP contribution in [0.4, 0.5) is 28.8 Å². The Hall–Kier alpha value is -5.38. The number of carbonyl (C=O) groups excluding carboxylic acids is 2. The zero-order valence-corrected chi connectivity index (χ0v) is 33.8. The number of fused-ring (bicyclic) bond motifs is 2. The molecule has 2 atom stereocenters. The van der Waals surface area contributed by atoms with Crippen LogP contribution in [-0.2, 0) is 35.3 Å². The number of amides is 2. The monoisotopic (exact) mass is 786 g/mol. The number of benzene rings is 2. The van der Waals surface area contributed by atoms with E-state index in [0.29, 0.717) is 103 Å². The molecule has 298 valence electrons. The second-order valence-electron chi connectivity index (χ2n) is 14.3. The van der Waals surface area contributed by atoms with Gasteiger partial charge in [0, 0.05) is 60.6 Å². The molecule has 2 aliphatic heterocycles. The number of hydrogen-bond acceptors (Lipinski definition) is 13. The predicted molar refractivity (Wildman–Crippen MR) is 218 cm³/mol. The van der Waals surface area contributed by atoms with Gasteiger partial charge in [-0.2, -0.15) is 4.98 Å². The summed E-state index contributed by atoms with van der Waals surface area (Å²) >= 11 is 6.48. The average molecular weight is 787 g/mol. The number of aromatic nitrogens is 3. The number of pyridine rings is 1. The first kappa shape index (κ1) is 40.3. The lowest BCUT2D eigenvalue weighted by Crippen LogP contribution is -2.64. The molecule has 0 radical (unpaired) electrons. The largest absolute Gasteiger partial charge is 0.495 e. The van der Waals surface area contributed by atoms with E-state index in [1.165, 1.54) is 13.3 Å². The molecule has 56 heavy (non-hydrogen) atoms. The van der Waals surface area contributed by atoms with E-state index < -0.39 is 12.1 Å². The summed E-state index contributed by atoms with van der Waals surface area (Å²) in [6, 6.07) is 10.2. The van der Waals surface area contributed by atoms with E-state index in [1.54, 1.807) is 64.5 Å². The van der Waals surface area contributed by atoms with Gasteiger partial charge < -0.3 is 40.4 Å². The second-order valence-corrected chi connectivity index (χ2v) is 14.7. The molecule has 0 bridgehead atoms. The fraction of sp³-hybridized carbons (Fsp3) is 0.425. The lowest BCUT2D eigenvalue weighted by Gasteiger charge is -2.42. The number of methoxy groups -OCH3 is 3. The molecule has 6 rings (SSSR count). The third-order valence-corrected chi connectivity index (χ3v) is 10.7. The minimum absolute atomic E-state index is 0.109. The molecule has 0 saturated carbocycles. The summed E-state index contributed by atoms with van der Waals surface area (Å²) in [6.45, 7) is 2.32. The van der Waals surface area contributed by atoms with Crippen molar-refractivity contribution in [2.24, 2.45) is 0 Å². The van der Waals surface area contributed by atoms with Crippen LogP contribution < -0.4 is 30.6 Å². The van der Waals surface area contributed by atoms with Gasteiger partial charge in [0.15, 0.2) is 5.82 Å². The molecule has 2 unspecified atom stereocenters. The first-order valence-electron chi connectivity index (χ1n) is 18.5. The molecule has 2 aromatic carbocycles. The number of anilines is 5. The summed E-state index contributed by atoms with van der Waals surface area (Å²) in [5.74, 6) is 2.10. The fourth-order valence-corrected chi connectivity index (χ4v) is 7.62. The Morgan fingerprint density at radius 1 is 0.750 bits per heavy atom. The van der Waals surface area contributed by atoms with Gasteiger partial charge in [-0.05, 0) is 84.3 Å². The zero-order valence-electron chi connectivity index (χ0n) is 33.1. The molecule has 0 saturated heterocycles. The Morgan fingerprint density at radius 3 is 1.82 bits per heavy atom. The highest BCUT2D eigenvalue weighted by Crippen LogP contribution is 2.35. The summed E-state index contributed by atoms with van der Waals surface area (Å²) in [4.78, 5) is 49.4. The van der Waals surface area contributed by atoms with Crippen LogP contribution in [0.3, 0.4) is 0 Å². The van der Waals surface area contributed by atoms with E-state index in [2.05, 4.69) is 35.4 Å². The molecule has 0 fully saturated rings. The van der Waals surface area contributed by atoms with Crippen LogP contribution in [-0.4, -0.2) is 134 Å². The van der Waals surface area contributed by atoms with Crippen molar-refractivity contribution in [1.29, 1.82) is 0 Å². The highest BCUT2D eigenvalue weighted by Gasteiger charge is 2.44. The van der Waals surface area contributed by atoms with Gasteiger partial charge in [-0.15, -0.1) is 0 Å². The van der Waals surface area contributed by atoms with Crippen molar-refractivity contribution in [2.45, 2.75) is 37.8 Å². The molecule has 4 N–H and O–H groups in total. The summed E-state index contributed by atoms with van der Waals surface area (Å²) in [5.41, 5.74) is 12.6. The smallest absolute Gasteiger partial charge is 0.241 e. The van der Waals surface area contributed by atoms with Crippen molar-refractivity contribution in [1.82, 2.24) is 34.6 Å². The van der Waals surface area contributed by atoms with E-state index in [-0.39, 0.29) is 11.8 Å². The number of ether oxygens (including phenoxy) is 3. The molecule has 0 aliphatic carbocycles. The third-order valence-electron chi connectivity index (χ3n) is 10.4. The van der Waals surface area contributed by atoms with E-state index in [0.717, 1.165) is 22.3 Å². The standard InChI is InChI=1S/C40H51ClN10O5/c1-48(2)38(52)34(50-15-10-24-19-29(42)32(54-5)21-26(24)12-17-50)35(39(53)49(3)4)51-16-11-25-20-31(33(55-6)22-27(25)13-18-51)46-40-44-23-28(41)36(47-40)45-30-9-8-14-43-37(30)56-7/h8-9,14,19-23,34-35H,10-13,15-18,42H2,1-7H3,(H2,44,45,46,47). The van der Waals surface area contributed by atoms with Crippen molar-refractivity contribution in [3.05, 3.63) is 76.1 Å². The predicted octanol–water partition coefficient (Wildman–Crippen LogP) is 4.04. The first-order chi connectivity index (χ1) is 26.9. The molecule has 4 aromatic rings.